The van der Waals surface area contributed by atoms with Gasteiger partial charge < -0.3 is 8.83 Å². The Morgan fingerprint density at radius 3 is 1.72 bits per heavy atom. The second-order valence-electron chi connectivity index (χ2n) is 12.4. The molecule has 0 fully saturated rings. The Morgan fingerprint density at radius 2 is 1.00 bits per heavy atom. The Labute approximate surface area is 272 Å². The van der Waals surface area contributed by atoms with Gasteiger partial charge >= 0.3 is 0 Å². The third-order valence-corrected chi connectivity index (χ3v) is 10.8. The molecule has 0 atom stereocenters. The summed E-state index contributed by atoms with van der Waals surface area (Å²) in [5.74, 6) is 0. The molecule has 8 aromatic carbocycles. The molecule has 218 valence electrons. The molecule has 3 heterocycles. The molecule has 3 aromatic heterocycles. The highest BCUT2D eigenvalue weighted by atomic mass is 32.1. The first kappa shape index (κ1) is 25.3. The molecule has 0 bridgehead atoms. The standard InChI is InChI=1S/C44H24O2S/c1-3-14-29-27(12-1)41(31-17-9-10-25-22-39-35(23-34(25)31)26-11-5-7-18-37(26)45-39)28-13-2-4-15-30(28)42(29)36-24-40-33(20-21-47-40)43-32-16-6-8-19-38(32)46-44(36)43/h1-24H. The fraction of sp³-hybridized carbons (Fsp3) is 0. The second-order valence-corrected chi connectivity index (χ2v) is 13.3. The van der Waals surface area contributed by atoms with Crippen molar-refractivity contribution in [1.29, 1.82) is 0 Å². The van der Waals surface area contributed by atoms with E-state index >= 15 is 0 Å². The molecule has 11 aromatic rings. The molecule has 0 saturated heterocycles. The molecule has 47 heavy (non-hydrogen) atoms. The van der Waals surface area contributed by atoms with Gasteiger partial charge in [0.05, 0.1) is 0 Å². The maximum absolute atomic E-state index is 6.75. The van der Waals surface area contributed by atoms with E-state index in [4.69, 9.17) is 8.83 Å². The van der Waals surface area contributed by atoms with Crippen LogP contribution >= 0.6 is 11.3 Å². The van der Waals surface area contributed by atoms with Crippen LogP contribution in [0.15, 0.2) is 154 Å². The Kier molecular flexibility index (Phi) is 5.02. The van der Waals surface area contributed by atoms with E-state index in [2.05, 4.69) is 133 Å². The molecule has 0 amide bonds. The molecule has 0 saturated carbocycles. The largest absolute Gasteiger partial charge is 0.456 e. The van der Waals surface area contributed by atoms with Crippen LogP contribution < -0.4 is 0 Å². The first-order chi connectivity index (χ1) is 23.3. The molecule has 0 N–H and O–H groups in total. The van der Waals surface area contributed by atoms with Crippen molar-refractivity contribution in [2.75, 3.05) is 0 Å². The van der Waals surface area contributed by atoms with Crippen molar-refractivity contribution in [2.24, 2.45) is 0 Å². The van der Waals surface area contributed by atoms with E-state index in [9.17, 15) is 0 Å². The van der Waals surface area contributed by atoms with E-state index in [1.807, 2.05) is 12.1 Å². The molecule has 0 spiro atoms. The SMILES string of the molecule is c1cc(-c2c3ccccc3c(-c3cc4sccc4c4c3oc3ccccc34)c3ccccc23)c2cc3c(cc2c1)oc1ccccc13. The quantitative estimate of drug-likeness (QED) is 0.181. The molecule has 11 rings (SSSR count). The van der Waals surface area contributed by atoms with E-state index in [-0.39, 0.29) is 0 Å². The van der Waals surface area contributed by atoms with Crippen LogP contribution in [0.1, 0.15) is 0 Å². The van der Waals surface area contributed by atoms with Gasteiger partial charge in [-0.1, -0.05) is 103 Å². The van der Waals surface area contributed by atoms with Crippen molar-refractivity contribution in [3.8, 4) is 22.3 Å². The second kappa shape index (κ2) is 9.32. The zero-order chi connectivity index (χ0) is 30.6. The maximum atomic E-state index is 6.75. The Balaban J connectivity index is 1.30. The number of furan rings is 2. The van der Waals surface area contributed by atoms with Crippen molar-refractivity contribution in [2.45, 2.75) is 0 Å². The number of hydrogen-bond donors (Lipinski definition) is 0. The number of hydrogen-bond acceptors (Lipinski definition) is 3. The summed E-state index contributed by atoms with van der Waals surface area (Å²) in [6.07, 6.45) is 0. The van der Waals surface area contributed by atoms with Gasteiger partial charge in [-0.2, -0.15) is 0 Å². The first-order valence-electron chi connectivity index (χ1n) is 15.9. The average Bonchev–Trinajstić information content (AvgIpc) is 3.84. The van der Waals surface area contributed by atoms with Gasteiger partial charge in [0.25, 0.3) is 0 Å². The summed E-state index contributed by atoms with van der Waals surface area (Å²) in [6.45, 7) is 0. The summed E-state index contributed by atoms with van der Waals surface area (Å²) in [4.78, 5) is 0. The fourth-order valence-electron chi connectivity index (χ4n) is 7.95. The lowest BCUT2D eigenvalue weighted by molar-refractivity contribution is 0.669. The first-order valence-corrected chi connectivity index (χ1v) is 16.8. The molecule has 3 heteroatoms. The van der Waals surface area contributed by atoms with Gasteiger partial charge in [-0.3, -0.25) is 0 Å². The lowest BCUT2D eigenvalue weighted by atomic mass is 9.84. The van der Waals surface area contributed by atoms with E-state index in [0.717, 1.165) is 44.1 Å². The molecular weight excluding hydrogens is 593 g/mol. The number of rotatable bonds is 2. The van der Waals surface area contributed by atoms with E-state index in [0.29, 0.717) is 0 Å². The minimum Gasteiger partial charge on any atom is -0.456 e. The molecule has 0 radical (unpaired) electrons. The normalized spacial score (nSPS) is 12.3. The molecule has 0 aliphatic heterocycles. The predicted molar refractivity (Wildman–Crippen MR) is 200 cm³/mol. The summed E-state index contributed by atoms with van der Waals surface area (Å²) < 4.78 is 14.3. The highest BCUT2D eigenvalue weighted by molar-refractivity contribution is 7.17. The van der Waals surface area contributed by atoms with Crippen molar-refractivity contribution in [3.05, 3.63) is 145 Å². The van der Waals surface area contributed by atoms with Crippen LogP contribution in [0.3, 0.4) is 0 Å². The van der Waals surface area contributed by atoms with Crippen LogP contribution in [-0.2, 0) is 0 Å². The number of para-hydroxylation sites is 2. The van der Waals surface area contributed by atoms with Crippen LogP contribution in [-0.4, -0.2) is 0 Å². The topological polar surface area (TPSA) is 26.3 Å². The lowest BCUT2D eigenvalue weighted by Crippen LogP contribution is -1.92. The van der Waals surface area contributed by atoms with Crippen molar-refractivity contribution in [1.82, 2.24) is 0 Å². The van der Waals surface area contributed by atoms with Crippen LogP contribution in [0.5, 0.6) is 0 Å². The third-order valence-electron chi connectivity index (χ3n) is 9.93. The number of thiophene rings is 1. The van der Waals surface area contributed by atoms with Crippen LogP contribution in [0.4, 0.5) is 0 Å². The van der Waals surface area contributed by atoms with Crippen molar-refractivity contribution < 1.29 is 8.83 Å². The zero-order valence-electron chi connectivity index (χ0n) is 25.1. The van der Waals surface area contributed by atoms with Crippen LogP contribution in [0.25, 0.3) is 109 Å². The maximum Gasteiger partial charge on any atom is 0.143 e. The van der Waals surface area contributed by atoms with Crippen molar-refractivity contribution in [3.63, 3.8) is 0 Å². The Morgan fingerprint density at radius 1 is 0.383 bits per heavy atom. The molecular formula is C44H24O2S. The van der Waals surface area contributed by atoms with E-state index in [1.54, 1.807) is 11.3 Å². The summed E-state index contributed by atoms with van der Waals surface area (Å²) in [7, 11) is 0. The number of benzene rings is 8. The molecule has 0 aliphatic carbocycles. The van der Waals surface area contributed by atoms with Gasteiger partial charge in [-0.15, -0.1) is 11.3 Å². The van der Waals surface area contributed by atoms with Crippen LogP contribution in [0, 0.1) is 0 Å². The van der Waals surface area contributed by atoms with Crippen LogP contribution in [0.2, 0.25) is 0 Å². The zero-order valence-corrected chi connectivity index (χ0v) is 25.9. The molecule has 0 unspecified atom stereocenters. The van der Waals surface area contributed by atoms with E-state index in [1.165, 1.54) is 64.5 Å². The average molecular weight is 617 g/mol. The highest BCUT2D eigenvalue weighted by Gasteiger charge is 2.23. The third kappa shape index (κ3) is 3.44. The van der Waals surface area contributed by atoms with Gasteiger partial charge in [0.15, 0.2) is 0 Å². The van der Waals surface area contributed by atoms with Gasteiger partial charge in [0, 0.05) is 42.8 Å². The van der Waals surface area contributed by atoms with Crippen molar-refractivity contribution >= 4 is 97.6 Å². The summed E-state index contributed by atoms with van der Waals surface area (Å²) in [5, 5.41) is 15.3. The van der Waals surface area contributed by atoms with Gasteiger partial charge in [0.1, 0.15) is 22.3 Å². The van der Waals surface area contributed by atoms with Gasteiger partial charge in [-0.25, -0.2) is 0 Å². The minimum absolute atomic E-state index is 0.916. The summed E-state index contributed by atoms with van der Waals surface area (Å²) >= 11 is 1.79. The smallest absolute Gasteiger partial charge is 0.143 e. The molecule has 0 aliphatic rings. The Hall–Kier alpha value is -5.90. The Bertz CT molecular complexity index is 3020. The van der Waals surface area contributed by atoms with E-state index < -0.39 is 0 Å². The summed E-state index contributed by atoms with van der Waals surface area (Å²) in [5.41, 5.74) is 8.50. The predicted octanol–water partition coefficient (Wildman–Crippen LogP) is 13.5. The van der Waals surface area contributed by atoms with Gasteiger partial charge in [-0.05, 0) is 85.2 Å². The van der Waals surface area contributed by atoms with Gasteiger partial charge in [0.2, 0.25) is 0 Å². The molecule has 2 nitrogen and oxygen atoms in total. The lowest BCUT2D eigenvalue weighted by Gasteiger charge is -2.19. The fourth-order valence-corrected chi connectivity index (χ4v) is 8.78. The minimum atomic E-state index is 0.916. The highest BCUT2D eigenvalue weighted by Crippen LogP contribution is 2.50. The monoisotopic (exact) mass is 616 g/mol. The number of fused-ring (bicyclic) bond motifs is 11. The summed E-state index contributed by atoms with van der Waals surface area (Å²) in [6, 6.07) is 50.2.